The molecular formula is C12H12ClNO2S. The number of thioether (sulfide) groups is 1. The lowest BCUT2D eigenvalue weighted by Crippen LogP contribution is -2.31. The van der Waals surface area contributed by atoms with E-state index in [0.29, 0.717) is 24.4 Å². The van der Waals surface area contributed by atoms with Crippen molar-refractivity contribution in [2.24, 2.45) is 0 Å². The zero-order valence-electron chi connectivity index (χ0n) is 9.19. The minimum absolute atomic E-state index is 0.0493. The Kier molecular flexibility index (Phi) is 4.07. The van der Waals surface area contributed by atoms with E-state index >= 15 is 0 Å². The third-order valence-electron chi connectivity index (χ3n) is 2.55. The monoisotopic (exact) mass is 269 g/mol. The molecule has 2 amide bonds. The van der Waals surface area contributed by atoms with Crippen LogP contribution in [0, 0.1) is 0 Å². The van der Waals surface area contributed by atoms with Crippen molar-refractivity contribution in [1.82, 2.24) is 4.90 Å². The molecule has 1 heterocycles. The summed E-state index contributed by atoms with van der Waals surface area (Å²) >= 11 is 7.40. The summed E-state index contributed by atoms with van der Waals surface area (Å²) in [6.45, 7) is 0.491. The van der Waals surface area contributed by atoms with Crippen LogP contribution < -0.4 is 0 Å². The zero-order valence-corrected chi connectivity index (χ0v) is 10.8. The van der Waals surface area contributed by atoms with Gasteiger partial charge in [-0.15, -0.1) is 11.8 Å². The normalized spacial score (nSPS) is 15.7. The molecule has 0 bridgehead atoms. The highest BCUT2D eigenvalue weighted by Crippen LogP contribution is 2.21. The van der Waals surface area contributed by atoms with Gasteiger partial charge in [-0.2, -0.15) is 0 Å². The van der Waals surface area contributed by atoms with E-state index in [0.717, 1.165) is 10.6 Å². The molecule has 1 saturated heterocycles. The highest BCUT2D eigenvalue weighted by molar-refractivity contribution is 7.99. The van der Waals surface area contributed by atoms with Gasteiger partial charge in [-0.25, -0.2) is 0 Å². The lowest BCUT2D eigenvalue weighted by atomic mass is 10.4. The van der Waals surface area contributed by atoms with Gasteiger partial charge in [-0.1, -0.05) is 11.6 Å². The molecule has 0 aromatic heterocycles. The number of imide groups is 1. The fraction of sp³-hybridized carbons (Fsp3) is 0.333. The molecule has 3 nitrogen and oxygen atoms in total. The molecule has 5 heteroatoms. The minimum Gasteiger partial charge on any atom is -0.282 e. The first-order valence-corrected chi connectivity index (χ1v) is 6.75. The molecule has 17 heavy (non-hydrogen) atoms. The lowest BCUT2D eigenvalue weighted by Gasteiger charge is -2.12. The summed E-state index contributed by atoms with van der Waals surface area (Å²) in [6, 6.07) is 7.52. The second kappa shape index (κ2) is 5.56. The van der Waals surface area contributed by atoms with Gasteiger partial charge >= 0.3 is 0 Å². The zero-order chi connectivity index (χ0) is 12.3. The number of hydrogen-bond acceptors (Lipinski definition) is 3. The molecule has 1 aromatic rings. The summed E-state index contributed by atoms with van der Waals surface area (Å²) in [6.07, 6.45) is 0.731. The molecule has 0 spiro atoms. The maximum Gasteiger partial charge on any atom is 0.229 e. The van der Waals surface area contributed by atoms with Crippen molar-refractivity contribution in [2.75, 3.05) is 12.3 Å². The first-order valence-electron chi connectivity index (χ1n) is 5.38. The average Bonchev–Trinajstić information content (AvgIpc) is 2.63. The van der Waals surface area contributed by atoms with Crippen LogP contribution in [0.3, 0.4) is 0 Å². The molecule has 2 rings (SSSR count). The Morgan fingerprint density at radius 3 is 2.29 bits per heavy atom. The Bertz CT molecular complexity index is 417. The molecule has 0 saturated carbocycles. The van der Waals surface area contributed by atoms with E-state index < -0.39 is 0 Å². The van der Waals surface area contributed by atoms with E-state index in [9.17, 15) is 9.59 Å². The smallest absolute Gasteiger partial charge is 0.229 e. The van der Waals surface area contributed by atoms with Crippen LogP contribution >= 0.6 is 23.4 Å². The first kappa shape index (κ1) is 12.5. The van der Waals surface area contributed by atoms with Crippen LogP contribution in [-0.2, 0) is 9.59 Å². The lowest BCUT2D eigenvalue weighted by molar-refractivity contribution is -0.137. The van der Waals surface area contributed by atoms with E-state index in [1.807, 2.05) is 24.3 Å². The summed E-state index contributed by atoms with van der Waals surface area (Å²) in [5.74, 6) is 0.623. The van der Waals surface area contributed by atoms with Crippen LogP contribution in [-0.4, -0.2) is 29.0 Å². The Morgan fingerprint density at radius 2 is 1.71 bits per heavy atom. The fourth-order valence-corrected chi connectivity index (χ4v) is 2.62. The summed E-state index contributed by atoms with van der Waals surface area (Å²) < 4.78 is 0. The molecule has 1 aliphatic rings. The summed E-state index contributed by atoms with van der Waals surface area (Å²) in [4.78, 5) is 25.1. The molecule has 0 aliphatic carbocycles. The standard InChI is InChI=1S/C12H12ClNO2S/c13-9-1-3-10(4-2-9)17-8-7-14-11(15)5-6-12(14)16/h1-4H,5-8H2. The second-order valence-electron chi connectivity index (χ2n) is 3.74. The number of amides is 2. The van der Waals surface area contributed by atoms with E-state index in [4.69, 9.17) is 11.6 Å². The molecule has 1 fully saturated rings. The number of benzene rings is 1. The van der Waals surface area contributed by atoms with Crippen molar-refractivity contribution in [3.63, 3.8) is 0 Å². The second-order valence-corrected chi connectivity index (χ2v) is 5.35. The van der Waals surface area contributed by atoms with Crippen molar-refractivity contribution in [2.45, 2.75) is 17.7 Å². The number of halogens is 1. The number of nitrogens with zero attached hydrogens (tertiary/aromatic N) is 1. The molecule has 0 N–H and O–H groups in total. The van der Waals surface area contributed by atoms with Gasteiger partial charge in [0.05, 0.1) is 0 Å². The number of likely N-dealkylation sites (tertiary alicyclic amines) is 1. The fourth-order valence-electron chi connectivity index (χ4n) is 1.66. The highest BCUT2D eigenvalue weighted by atomic mass is 35.5. The van der Waals surface area contributed by atoms with Gasteiger partial charge < -0.3 is 0 Å². The quantitative estimate of drug-likeness (QED) is 0.623. The summed E-state index contributed by atoms with van der Waals surface area (Å²) in [5.41, 5.74) is 0. The number of carbonyl (C=O) groups excluding carboxylic acids is 2. The van der Waals surface area contributed by atoms with Crippen LogP contribution in [0.25, 0.3) is 0 Å². The number of rotatable bonds is 4. The van der Waals surface area contributed by atoms with Gasteiger partial charge in [0.15, 0.2) is 0 Å². The largest absolute Gasteiger partial charge is 0.282 e. The van der Waals surface area contributed by atoms with Gasteiger partial charge in [-0.3, -0.25) is 14.5 Å². The van der Waals surface area contributed by atoms with Crippen molar-refractivity contribution in [3.05, 3.63) is 29.3 Å². The number of carbonyl (C=O) groups is 2. The van der Waals surface area contributed by atoms with Crippen molar-refractivity contribution in [1.29, 1.82) is 0 Å². The van der Waals surface area contributed by atoms with Crippen LogP contribution in [0.1, 0.15) is 12.8 Å². The summed E-state index contributed by atoms with van der Waals surface area (Å²) in [7, 11) is 0. The van der Waals surface area contributed by atoms with Crippen molar-refractivity contribution < 1.29 is 9.59 Å². The van der Waals surface area contributed by atoms with E-state index in [2.05, 4.69) is 0 Å². The van der Waals surface area contributed by atoms with E-state index in [1.165, 1.54) is 4.90 Å². The maximum atomic E-state index is 11.4. The van der Waals surface area contributed by atoms with Gasteiger partial charge in [-0.05, 0) is 24.3 Å². The van der Waals surface area contributed by atoms with E-state index in [-0.39, 0.29) is 11.8 Å². The first-order chi connectivity index (χ1) is 8.16. The molecule has 90 valence electrons. The Hall–Kier alpha value is -1.00. The highest BCUT2D eigenvalue weighted by Gasteiger charge is 2.27. The van der Waals surface area contributed by atoms with Crippen LogP contribution in [0.4, 0.5) is 0 Å². The number of hydrogen-bond donors (Lipinski definition) is 0. The van der Waals surface area contributed by atoms with Gasteiger partial charge in [0, 0.05) is 35.1 Å². The van der Waals surface area contributed by atoms with Crippen molar-refractivity contribution >= 4 is 35.2 Å². The molecular weight excluding hydrogens is 258 g/mol. The summed E-state index contributed by atoms with van der Waals surface area (Å²) in [5, 5.41) is 0.708. The molecule has 1 aromatic carbocycles. The third-order valence-corrected chi connectivity index (χ3v) is 3.80. The van der Waals surface area contributed by atoms with Gasteiger partial charge in [0.25, 0.3) is 0 Å². The van der Waals surface area contributed by atoms with Gasteiger partial charge in [0.2, 0.25) is 11.8 Å². The van der Waals surface area contributed by atoms with Crippen LogP contribution in [0.2, 0.25) is 5.02 Å². The molecule has 0 radical (unpaired) electrons. The van der Waals surface area contributed by atoms with Crippen LogP contribution in [0.15, 0.2) is 29.2 Å². The van der Waals surface area contributed by atoms with Crippen LogP contribution in [0.5, 0.6) is 0 Å². The predicted molar refractivity (Wildman–Crippen MR) is 68.1 cm³/mol. The van der Waals surface area contributed by atoms with E-state index in [1.54, 1.807) is 11.8 Å². The third kappa shape index (κ3) is 3.23. The average molecular weight is 270 g/mol. The topological polar surface area (TPSA) is 37.4 Å². The minimum atomic E-state index is -0.0493. The van der Waals surface area contributed by atoms with Gasteiger partial charge in [0.1, 0.15) is 0 Å². The molecule has 0 unspecified atom stereocenters. The Labute approximate surface area is 109 Å². The maximum absolute atomic E-state index is 11.4. The molecule has 0 atom stereocenters. The predicted octanol–water partition coefficient (Wildman–Crippen LogP) is 2.58. The Morgan fingerprint density at radius 1 is 1.12 bits per heavy atom. The Balaban J connectivity index is 1.81. The van der Waals surface area contributed by atoms with Crippen molar-refractivity contribution in [3.8, 4) is 0 Å². The molecule has 1 aliphatic heterocycles. The SMILES string of the molecule is O=C1CCC(=O)N1CCSc1ccc(Cl)cc1.